The Bertz CT molecular complexity index is 787. The van der Waals surface area contributed by atoms with Crippen LogP contribution in [0.25, 0.3) is 0 Å². The van der Waals surface area contributed by atoms with Crippen molar-refractivity contribution in [2.45, 2.75) is 0 Å². The van der Waals surface area contributed by atoms with Crippen LogP contribution in [0.5, 0.6) is 0 Å². The molecule has 2 aromatic rings. The molecule has 0 fully saturated rings. The van der Waals surface area contributed by atoms with E-state index in [4.69, 9.17) is 11.6 Å². The lowest BCUT2D eigenvalue weighted by atomic mass is 10.1. The van der Waals surface area contributed by atoms with Crippen LogP contribution in [-0.2, 0) is 4.79 Å². The number of hydrogen-bond acceptors (Lipinski definition) is 2. The van der Waals surface area contributed by atoms with Crippen molar-refractivity contribution in [1.29, 1.82) is 0 Å². The highest BCUT2D eigenvalue weighted by Crippen LogP contribution is 2.31. The van der Waals surface area contributed by atoms with Gasteiger partial charge in [-0.2, -0.15) is 0 Å². The van der Waals surface area contributed by atoms with Crippen LogP contribution in [0.4, 0.5) is 5.69 Å². The van der Waals surface area contributed by atoms with Crippen LogP contribution in [0.2, 0.25) is 5.02 Å². The molecule has 0 aromatic heterocycles. The van der Waals surface area contributed by atoms with Gasteiger partial charge >= 0.3 is 0 Å². The standard InChI is InChI=1S/C17H10ClNO2/c18-13-8-9-14-15(11-13)19(17(21)16(14)20)10-4-7-12-5-2-1-3-6-12/h1-3,5-6,8-9,11H,10H2. The fourth-order valence-corrected chi connectivity index (χ4v) is 2.33. The fraction of sp³-hybridized carbons (Fsp3) is 0.0588. The quantitative estimate of drug-likeness (QED) is 0.599. The lowest BCUT2D eigenvalue weighted by molar-refractivity contribution is -0.114. The molecule has 0 atom stereocenters. The number of carbonyl (C=O) groups excluding carboxylic acids is 2. The van der Waals surface area contributed by atoms with Gasteiger partial charge in [0.25, 0.3) is 11.7 Å². The number of ketones is 1. The third-order valence-corrected chi connectivity index (χ3v) is 3.41. The van der Waals surface area contributed by atoms with Crippen LogP contribution in [0.1, 0.15) is 15.9 Å². The third kappa shape index (κ3) is 2.54. The number of benzene rings is 2. The molecule has 102 valence electrons. The molecule has 0 aliphatic carbocycles. The monoisotopic (exact) mass is 295 g/mol. The Labute approximate surface area is 127 Å². The second-order valence-electron chi connectivity index (χ2n) is 4.55. The highest BCUT2D eigenvalue weighted by Gasteiger charge is 2.35. The van der Waals surface area contributed by atoms with Gasteiger partial charge in [-0.3, -0.25) is 14.5 Å². The summed E-state index contributed by atoms with van der Waals surface area (Å²) in [5, 5.41) is 0.484. The van der Waals surface area contributed by atoms with E-state index < -0.39 is 11.7 Å². The van der Waals surface area contributed by atoms with Gasteiger partial charge in [0.1, 0.15) is 0 Å². The van der Waals surface area contributed by atoms with Crippen molar-refractivity contribution in [1.82, 2.24) is 0 Å². The van der Waals surface area contributed by atoms with Gasteiger partial charge in [0.15, 0.2) is 0 Å². The summed E-state index contributed by atoms with van der Waals surface area (Å²) in [6.45, 7) is 0.160. The molecule has 0 N–H and O–H groups in total. The van der Waals surface area contributed by atoms with Crippen molar-refractivity contribution in [2.24, 2.45) is 0 Å². The van der Waals surface area contributed by atoms with Crippen molar-refractivity contribution >= 4 is 29.0 Å². The van der Waals surface area contributed by atoms with Crippen LogP contribution >= 0.6 is 11.6 Å². The van der Waals surface area contributed by atoms with E-state index in [1.165, 1.54) is 4.90 Å². The first-order valence-corrected chi connectivity index (χ1v) is 6.74. The summed E-state index contributed by atoms with van der Waals surface area (Å²) in [5.41, 5.74) is 1.77. The molecule has 0 saturated heterocycles. The average molecular weight is 296 g/mol. The van der Waals surface area contributed by atoms with Gasteiger partial charge in [-0.1, -0.05) is 41.6 Å². The SMILES string of the molecule is O=C1C(=O)N(CC#Cc2ccccc2)c2cc(Cl)ccc21. The van der Waals surface area contributed by atoms with Crippen molar-refractivity contribution < 1.29 is 9.59 Å². The summed E-state index contributed by atoms with van der Waals surface area (Å²) in [5.74, 6) is 4.81. The topological polar surface area (TPSA) is 37.4 Å². The molecule has 1 aliphatic heterocycles. The molecule has 2 aromatic carbocycles. The molecule has 1 amide bonds. The largest absolute Gasteiger partial charge is 0.300 e. The van der Waals surface area contributed by atoms with E-state index in [0.29, 0.717) is 16.3 Å². The number of hydrogen-bond donors (Lipinski definition) is 0. The van der Waals surface area contributed by atoms with Gasteiger partial charge in [-0.25, -0.2) is 0 Å². The number of Topliss-reactive ketones (excluding diaryl/α,β-unsaturated/α-hetero) is 1. The van der Waals surface area contributed by atoms with Gasteiger partial charge in [0.05, 0.1) is 17.8 Å². The molecule has 0 radical (unpaired) electrons. The van der Waals surface area contributed by atoms with Gasteiger partial charge in [0, 0.05) is 10.6 Å². The average Bonchev–Trinajstić information content (AvgIpc) is 2.73. The van der Waals surface area contributed by atoms with E-state index in [1.54, 1.807) is 18.2 Å². The molecule has 21 heavy (non-hydrogen) atoms. The molecule has 0 bridgehead atoms. The van der Waals surface area contributed by atoms with E-state index in [1.807, 2.05) is 30.3 Å². The molecular weight excluding hydrogens is 286 g/mol. The van der Waals surface area contributed by atoms with Gasteiger partial charge in [0.2, 0.25) is 0 Å². The number of amides is 1. The third-order valence-electron chi connectivity index (χ3n) is 3.18. The molecule has 0 spiro atoms. The normalized spacial score (nSPS) is 12.9. The fourth-order valence-electron chi connectivity index (χ4n) is 2.17. The van der Waals surface area contributed by atoms with Crippen LogP contribution in [-0.4, -0.2) is 18.2 Å². The Morgan fingerprint density at radius 2 is 1.81 bits per heavy atom. The minimum absolute atomic E-state index is 0.160. The van der Waals surface area contributed by atoms with Gasteiger partial charge in [-0.15, -0.1) is 0 Å². The first-order valence-electron chi connectivity index (χ1n) is 6.36. The van der Waals surface area contributed by atoms with Crippen LogP contribution < -0.4 is 4.90 Å². The van der Waals surface area contributed by atoms with E-state index in [0.717, 1.165) is 5.56 Å². The van der Waals surface area contributed by atoms with E-state index in [-0.39, 0.29) is 6.54 Å². The van der Waals surface area contributed by atoms with Crippen LogP contribution in [0.15, 0.2) is 48.5 Å². The number of anilines is 1. The number of carbonyl (C=O) groups is 2. The predicted octanol–water partition coefficient (Wildman–Crippen LogP) is 2.92. The Morgan fingerprint density at radius 1 is 1.05 bits per heavy atom. The van der Waals surface area contributed by atoms with E-state index >= 15 is 0 Å². The summed E-state index contributed by atoms with van der Waals surface area (Å²) in [7, 11) is 0. The Balaban J connectivity index is 1.87. The molecule has 4 heteroatoms. The molecule has 3 nitrogen and oxygen atoms in total. The second-order valence-corrected chi connectivity index (χ2v) is 4.99. The number of halogens is 1. The lowest BCUT2D eigenvalue weighted by Crippen LogP contribution is -2.30. The zero-order valence-corrected chi connectivity index (χ0v) is 11.7. The van der Waals surface area contributed by atoms with Crippen molar-refractivity contribution in [3.8, 4) is 11.8 Å². The molecule has 3 rings (SSSR count). The molecular formula is C17H10ClNO2. The maximum atomic E-state index is 12.0. The first-order chi connectivity index (χ1) is 10.2. The van der Waals surface area contributed by atoms with Crippen molar-refractivity contribution in [3.05, 3.63) is 64.7 Å². The highest BCUT2D eigenvalue weighted by atomic mass is 35.5. The summed E-state index contributed by atoms with van der Waals surface area (Å²) in [4.78, 5) is 25.2. The van der Waals surface area contributed by atoms with Gasteiger partial charge < -0.3 is 0 Å². The minimum atomic E-state index is -0.561. The summed E-state index contributed by atoms with van der Waals surface area (Å²) >= 11 is 5.93. The highest BCUT2D eigenvalue weighted by molar-refractivity contribution is 6.52. The van der Waals surface area contributed by atoms with Crippen LogP contribution in [0.3, 0.4) is 0 Å². The smallest absolute Gasteiger partial charge is 0.293 e. The summed E-state index contributed by atoms with van der Waals surface area (Å²) in [6.07, 6.45) is 0. The molecule has 1 aliphatic rings. The zero-order valence-electron chi connectivity index (χ0n) is 11.0. The predicted molar refractivity (Wildman–Crippen MR) is 81.5 cm³/mol. The number of nitrogens with zero attached hydrogens (tertiary/aromatic N) is 1. The summed E-state index contributed by atoms with van der Waals surface area (Å²) < 4.78 is 0. The Morgan fingerprint density at radius 3 is 2.57 bits per heavy atom. The second kappa shape index (κ2) is 5.43. The van der Waals surface area contributed by atoms with E-state index in [2.05, 4.69) is 11.8 Å². The first kappa shape index (κ1) is 13.4. The zero-order chi connectivity index (χ0) is 14.8. The summed E-state index contributed by atoms with van der Waals surface area (Å²) in [6, 6.07) is 14.2. The molecule has 0 unspecified atom stereocenters. The number of fused-ring (bicyclic) bond motifs is 1. The Hall–Kier alpha value is -2.57. The van der Waals surface area contributed by atoms with Gasteiger partial charge in [-0.05, 0) is 30.3 Å². The molecule has 1 heterocycles. The Kier molecular flexibility index (Phi) is 3.47. The minimum Gasteiger partial charge on any atom is -0.293 e. The van der Waals surface area contributed by atoms with Crippen molar-refractivity contribution in [3.63, 3.8) is 0 Å². The number of rotatable bonds is 1. The maximum Gasteiger partial charge on any atom is 0.300 e. The van der Waals surface area contributed by atoms with Crippen LogP contribution in [0, 0.1) is 11.8 Å². The lowest BCUT2D eigenvalue weighted by Gasteiger charge is -2.12. The molecule has 0 saturated carbocycles. The van der Waals surface area contributed by atoms with E-state index in [9.17, 15) is 9.59 Å². The maximum absolute atomic E-state index is 12.0. The van der Waals surface area contributed by atoms with Crippen molar-refractivity contribution in [2.75, 3.05) is 11.4 Å².